The van der Waals surface area contributed by atoms with Gasteiger partial charge < -0.3 is 15.5 Å². The number of nitrogens with zero attached hydrogens (tertiary/aromatic N) is 1. The molecule has 2 saturated heterocycles. The molecular formula is C14H25N3O2. The van der Waals surface area contributed by atoms with Crippen molar-refractivity contribution in [3.05, 3.63) is 0 Å². The highest BCUT2D eigenvalue weighted by Gasteiger charge is 2.32. The standard InChI is InChI=1S/C14H25N3O2/c1-10-5-6-11(8-16-10)14(19)17-7-3-4-12(9-17)13(18)15-2/h10-12,16H,3-9H2,1-2H3,(H,15,18). The highest BCUT2D eigenvalue weighted by Crippen LogP contribution is 2.22. The van der Waals surface area contributed by atoms with Gasteiger partial charge in [-0.1, -0.05) is 0 Å². The number of piperidine rings is 2. The second kappa shape index (κ2) is 6.37. The van der Waals surface area contributed by atoms with Crippen molar-refractivity contribution in [3.8, 4) is 0 Å². The number of amides is 2. The van der Waals surface area contributed by atoms with Gasteiger partial charge in [0.15, 0.2) is 0 Å². The molecule has 2 fully saturated rings. The zero-order chi connectivity index (χ0) is 13.8. The Bertz CT molecular complexity index is 338. The lowest BCUT2D eigenvalue weighted by molar-refractivity contribution is -0.139. The van der Waals surface area contributed by atoms with Crippen molar-refractivity contribution in [2.24, 2.45) is 11.8 Å². The van der Waals surface area contributed by atoms with Crippen LogP contribution in [0.1, 0.15) is 32.6 Å². The largest absolute Gasteiger partial charge is 0.359 e. The molecule has 2 rings (SSSR count). The van der Waals surface area contributed by atoms with E-state index in [2.05, 4.69) is 17.6 Å². The quantitative estimate of drug-likeness (QED) is 0.759. The molecule has 19 heavy (non-hydrogen) atoms. The first-order valence-electron chi connectivity index (χ1n) is 7.35. The van der Waals surface area contributed by atoms with E-state index in [1.165, 1.54) is 0 Å². The maximum atomic E-state index is 12.5. The number of hydrogen-bond donors (Lipinski definition) is 2. The van der Waals surface area contributed by atoms with Gasteiger partial charge in [-0.05, 0) is 32.6 Å². The van der Waals surface area contributed by atoms with Crippen LogP contribution < -0.4 is 10.6 Å². The van der Waals surface area contributed by atoms with Crippen LogP contribution in [0.5, 0.6) is 0 Å². The summed E-state index contributed by atoms with van der Waals surface area (Å²) in [6, 6.07) is 0.518. The van der Waals surface area contributed by atoms with Crippen LogP contribution in [0.15, 0.2) is 0 Å². The Balaban J connectivity index is 1.90. The van der Waals surface area contributed by atoms with E-state index >= 15 is 0 Å². The topological polar surface area (TPSA) is 61.4 Å². The van der Waals surface area contributed by atoms with Crippen LogP contribution in [0.2, 0.25) is 0 Å². The van der Waals surface area contributed by atoms with Gasteiger partial charge in [0, 0.05) is 32.7 Å². The van der Waals surface area contributed by atoms with Crippen LogP contribution in [0.25, 0.3) is 0 Å². The van der Waals surface area contributed by atoms with Gasteiger partial charge in [0.05, 0.1) is 11.8 Å². The van der Waals surface area contributed by atoms with Gasteiger partial charge in [0.2, 0.25) is 11.8 Å². The van der Waals surface area contributed by atoms with Crippen LogP contribution in [-0.4, -0.2) is 49.4 Å². The first kappa shape index (κ1) is 14.3. The zero-order valence-corrected chi connectivity index (χ0v) is 11.9. The van der Waals surface area contributed by atoms with Gasteiger partial charge in [-0.25, -0.2) is 0 Å². The highest BCUT2D eigenvalue weighted by molar-refractivity contribution is 5.82. The van der Waals surface area contributed by atoms with E-state index in [9.17, 15) is 9.59 Å². The summed E-state index contributed by atoms with van der Waals surface area (Å²) < 4.78 is 0. The molecule has 0 bridgehead atoms. The fourth-order valence-corrected chi connectivity index (χ4v) is 3.06. The number of carbonyl (C=O) groups excluding carboxylic acids is 2. The second-order valence-corrected chi connectivity index (χ2v) is 5.82. The number of hydrogen-bond acceptors (Lipinski definition) is 3. The molecule has 2 aliphatic rings. The normalized spacial score (nSPS) is 31.9. The summed E-state index contributed by atoms with van der Waals surface area (Å²) in [5, 5.41) is 6.06. The lowest BCUT2D eigenvalue weighted by Crippen LogP contribution is -2.50. The molecule has 0 aliphatic carbocycles. The third kappa shape index (κ3) is 3.47. The van der Waals surface area contributed by atoms with E-state index in [-0.39, 0.29) is 23.7 Å². The van der Waals surface area contributed by atoms with Gasteiger partial charge >= 0.3 is 0 Å². The lowest BCUT2D eigenvalue weighted by atomic mass is 9.91. The van der Waals surface area contributed by atoms with Gasteiger partial charge in [0.25, 0.3) is 0 Å². The third-order valence-corrected chi connectivity index (χ3v) is 4.36. The van der Waals surface area contributed by atoms with E-state index in [4.69, 9.17) is 0 Å². The number of nitrogens with one attached hydrogen (secondary N) is 2. The smallest absolute Gasteiger partial charge is 0.226 e. The zero-order valence-electron chi connectivity index (χ0n) is 11.9. The van der Waals surface area contributed by atoms with Crippen molar-refractivity contribution in [2.75, 3.05) is 26.7 Å². The monoisotopic (exact) mass is 267 g/mol. The fourth-order valence-electron chi connectivity index (χ4n) is 3.06. The van der Waals surface area contributed by atoms with Crippen LogP contribution >= 0.6 is 0 Å². The lowest BCUT2D eigenvalue weighted by Gasteiger charge is -2.36. The Hall–Kier alpha value is -1.10. The summed E-state index contributed by atoms with van der Waals surface area (Å²) in [5.74, 6) is 0.360. The van der Waals surface area contributed by atoms with Crippen LogP contribution in [-0.2, 0) is 9.59 Å². The van der Waals surface area contributed by atoms with E-state index in [0.29, 0.717) is 12.6 Å². The molecule has 0 saturated carbocycles. The fraction of sp³-hybridized carbons (Fsp3) is 0.857. The molecule has 0 aromatic carbocycles. The van der Waals surface area contributed by atoms with Gasteiger partial charge in [0.1, 0.15) is 0 Å². The Labute approximate surface area is 115 Å². The average Bonchev–Trinajstić information content (AvgIpc) is 2.46. The molecular weight excluding hydrogens is 242 g/mol. The number of rotatable bonds is 2. The van der Waals surface area contributed by atoms with Crippen molar-refractivity contribution in [1.29, 1.82) is 0 Å². The maximum absolute atomic E-state index is 12.5. The Morgan fingerprint density at radius 3 is 2.63 bits per heavy atom. The summed E-state index contributed by atoms with van der Waals surface area (Å²) >= 11 is 0. The Kier molecular flexibility index (Phi) is 4.80. The Morgan fingerprint density at radius 2 is 2.00 bits per heavy atom. The second-order valence-electron chi connectivity index (χ2n) is 5.82. The SMILES string of the molecule is CNC(=O)C1CCCN(C(=O)C2CCC(C)NC2)C1. The number of likely N-dealkylation sites (tertiary alicyclic amines) is 1. The summed E-state index contributed by atoms with van der Waals surface area (Å²) in [6.45, 7) is 4.33. The molecule has 0 aromatic rings. The molecule has 0 spiro atoms. The average molecular weight is 267 g/mol. The summed E-state index contributed by atoms with van der Waals surface area (Å²) in [6.07, 6.45) is 3.85. The van der Waals surface area contributed by atoms with E-state index < -0.39 is 0 Å². The third-order valence-electron chi connectivity index (χ3n) is 4.36. The molecule has 2 amide bonds. The first-order valence-corrected chi connectivity index (χ1v) is 7.35. The van der Waals surface area contributed by atoms with Crippen LogP contribution in [0.3, 0.4) is 0 Å². The summed E-state index contributed by atoms with van der Waals surface area (Å²) in [7, 11) is 1.66. The van der Waals surface area contributed by atoms with E-state index in [1.54, 1.807) is 7.05 Å². The molecule has 5 heteroatoms. The molecule has 2 N–H and O–H groups in total. The van der Waals surface area contributed by atoms with E-state index in [0.717, 1.165) is 38.8 Å². The maximum Gasteiger partial charge on any atom is 0.226 e. The van der Waals surface area contributed by atoms with Crippen molar-refractivity contribution < 1.29 is 9.59 Å². The molecule has 3 unspecified atom stereocenters. The molecule has 108 valence electrons. The highest BCUT2D eigenvalue weighted by atomic mass is 16.2. The molecule has 3 atom stereocenters. The predicted octanol–water partition coefficient (Wildman–Crippen LogP) is 0.359. The predicted molar refractivity (Wildman–Crippen MR) is 73.6 cm³/mol. The van der Waals surface area contributed by atoms with Crippen LogP contribution in [0.4, 0.5) is 0 Å². The minimum Gasteiger partial charge on any atom is -0.359 e. The van der Waals surface area contributed by atoms with Gasteiger partial charge in [-0.2, -0.15) is 0 Å². The minimum atomic E-state index is -0.0295. The van der Waals surface area contributed by atoms with Gasteiger partial charge in [-0.3, -0.25) is 9.59 Å². The van der Waals surface area contributed by atoms with Gasteiger partial charge in [-0.15, -0.1) is 0 Å². The summed E-state index contributed by atoms with van der Waals surface area (Å²) in [5.41, 5.74) is 0. The molecule has 5 nitrogen and oxygen atoms in total. The van der Waals surface area contributed by atoms with E-state index in [1.807, 2.05) is 4.90 Å². The number of carbonyl (C=O) groups is 2. The minimum absolute atomic E-state index is 0.0295. The Morgan fingerprint density at radius 1 is 1.21 bits per heavy atom. The van der Waals surface area contributed by atoms with Crippen molar-refractivity contribution in [3.63, 3.8) is 0 Å². The molecule has 2 aliphatic heterocycles. The molecule has 2 heterocycles. The molecule has 0 radical (unpaired) electrons. The van der Waals surface area contributed by atoms with Crippen molar-refractivity contribution in [2.45, 2.75) is 38.6 Å². The summed E-state index contributed by atoms with van der Waals surface area (Å²) in [4.78, 5) is 26.1. The van der Waals surface area contributed by atoms with Crippen molar-refractivity contribution in [1.82, 2.24) is 15.5 Å². The van der Waals surface area contributed by atoms with Crippen molar-refractivity contribution >= 4 is 11.8 Å². The molecule has 0 aromatic heterocycles. The first-order chi connectivity index (χ1) is 9.11. The van der Waals surface area contributed by atoms with Crippen LogP contribution in [0, 0.1) is 11.8 Å².